The number of nitrogens with zero attached hydrogens (tertiary/aromatic N) is 3. The molecule has 1 aromatic heterocycles. The van der Waals surface area contributed by atoms with Crippen LogP contribution in [0.4, 0.5) is 0 Å². The molecule has 2 aromatic carbocycles. The Hall–Kier alpha value is -2.27. The number of rotatable bonds is 5. The van der Waals surface area contributed by atoms with Crippen molar-refractivity contribution < 1.29 is 4.79 Å². The van der Waals surface area contributed by atoms with Crippen LogP contribution in [-0.4, -0.2) is 38.7 Å². The largest absolute Gasteiger partial charge is 0.342 e. The van der Waals surface area contributed by atoms with E-state index in [1.807, 2.05) is 37.1 Å². The smallest absolute Gasteiger partial charge is 0.235 e. The summed E-state index contributed by atoms with van der Waals surface area (Å²) in [6.45, 7) is 4.10. The molecule has 0 spiro atoms. The molecule has 0 bridgehead atoms. The summed E-state index contributed by atoms with van der Waals surface area (Å²) in [6.07, 6.45) is 6.01. The number of benzene rings is 2. The van der Waals surface area contributed by atoms with Gasteiger partial charge < -0.3 is 4.90 Å². The molecule has 4 rings (SSSR count). The SMILES string of the molecule is Cc1ccc(-n2c(S[C@@H](C)C(=O)N(C)C3CCCCC3)nc3ccccc32)cc1. The Kier molecular flexibility index (Phi) is 5.95. The lowest BCUT2D eigenvalue weighted by Crippen LogP contribution is -2.42. The molecule has 1 aliphatic rings. The summed E-state index contributed by atoms with van der Waals surface area (Å²) in [5.74, 6) is 0.199. The predicted octanol–water partition coefficient (Wildman–Crippen LogP) is 5.61. The molecule has 0 aliphatic heterocycles. The van der Waals surface area contributed by atoms with Crippen LogP contribution in [0.3, 0.4) is 0 Å². The molecule has 0 radical (unpaired) electrons. The van der Waals surface area contributed by atoms with Crippen LogP contribution in [0.15, 0.2) is 53.7 Å². The number of carbonyl (C=O) groups is 1. The molecule has 0 saturated heterocycles. The Labute approximate surface area is 177 Å². The summed E-state index contributed by atoms with van der Waals surface area (Å²) in [5, 5.41) is 0.691. The number of hydrogen-bond acceptors (Lipinski definition) is 3. The normalized spacial score (nSPS) is 16.1. The maximum atomic E-state index is 13.1. The van der Waals surface area contributed by atoms with Gasteiger partial charge in [-0.2, -0.15) is 0 Å². The number of thioether (sulfide) groups is 1. The molecule has 1 aliphatic carbocycles. The number of imidazole rings is 1. The summed E-state index contributed by atoms with van der Waals surface area (Å²) in [4.78, 5) is 20.0. The Bertz CT molecular complexity index is 989. The Balaban J connectivity index is 1.62. The van der Waals surface area contributed by atoms with Crippen molar-refractivity contribution in [2.24, 2.45) is 0 Å². The second-order valence-electron chi connectivity index (χ2n) is 8.06. The van der Waals surface area contributed by atoms with E-state index in [0.29, 0.717) is 6.04 Å². The third-order valence-electron chi connectivity index (χ3n) is 5.92. The highest BCUT2D eigenvalue weighted by atomic mass is 32.2. The molecule has 0 unspecified atom stereocenters. The van der Waals surface area contributed by atoms with Crippen molar-refractivity contribution in [2.75, 3.05) is 7.05 Å². The van der Waals surface area contributed by atoms with Crippen molar-refractivity contribution in [1.82, 2.24) is 14.5 Å². The van der Waals surface area contributed by atoms with Crippen LogP contribution in [-0.2, 0) is 4.79 Å². The minimum absolute atomic E-state index is 0.178. The highest BCUT2D eigenvalue weighted by molar-refractivity contribution is 8.00. The lowest BCUT2D eigenvalue weighted by molar-refractivity contribution is -0.131. The van der Waals surface area contributed by atoms with Gasteiger partial charge in [0.2, 0.25) is 5.91 Å². The van der Waals surface area contributed by atoms with Gasteiger partial charge in [-0.3, -0.25) is 9.36 Å². The number of hydrogen-bond donors (Lipinski definition) is 0. The zero-order valence-electron chi connectivity index (χ0n) is 17.5. The molecule has 3 aromatic rings. The van der Waals surface area contributed by atoms with Crippen molar-refractivity contribution >= 4 is 28.7 Å². The van der Waals surface area contributed by atoms with E-state index in [1.54, 1.807) is 11.8 Å². The fourth-order valence-corrected chi connectivity index (χ4v) is 5.21. The average molecular weight is 408 g/mol. The fraction of sp³-hybridized carbons (Fsp3) is 0.417. The Morgan fingerprint density at radius 3 is 2.52 bits per heavy atom. The summed E-state index contributed by atoms with van der Waals surface area (Å²) in [5.41, 5.74) is 4.33. The van der Waals surface area contributed by atoms with Gasteiger partial charge in [0.15, 0.2) is 5.16 Å². The molecule has 5 heteroatoms. The second kappa shape index (κ2) is 8.62. The standard InChI is InChI=1S/C24H29N3OS/c1-17-13-15-20(16-14-17)27-22-12-8-7-11-21(22)25-24(27)29-18(2)23(28)26(3)19-9-5-4-6-10-19/h7-8,11-16,18-19H,4-6,9-10H2,1-3H3/t18-/m0/s1. The molecule has 152 valence electrons. The van der Waals surface area contributed by atoms with Crippen LogP contribution in [0.25, 0.3) is 16.7 Å². The van der Waals surface area contributed by atoms with Gasteiger partial charge in [-0.05, 0) is 51.0 Å². The van der Waals surface area contributed by atoms with E-state index >= 15 is 0 Å². The van der Waals surface area contributed by atoms with Crippen molar-refractivity contribution in [2.45, 2.75) is 62.4 Å². The van der Waals surface area contributed by atoms with Gasteiger partial charge in [0.25, 0.3) is 0 Å². The fourth-order valence-electron chi connectivity index (χ4n) is 4.17. The molecule has 1 atom stereocenters. The van der Waals surface area contributed by atoms with Crippen LogP contribution in [0.1, 0.15) is 44.6 Å². The second-order valence-corrected chi connectivity index (χ2v) is 9.36. The molecule has 1 heterocycles. The molecular formula is C24H29N3OS. The van der Waals surface area contributed by atoms with Gasteiger partial charge in [0.1, 0.15) is 0 Å². The van der Waals surface area contributed by atoms with Gasteiger partial charge in [-0.25, -0.2) is 4.98 Å². The highest BCUT2D eigenvalue weighted by Crippen LogP contribution is 2.32. The Morgan fingerprint density at radius 1 is 1.10 bits per heavy atom. The number of para-hydroxylation sites is 2. The van der Waals surface area contributed by atoms with E-state index in [-0.39, 0.29) is 11.2 Å². The molecule has 0 N–H and O–H groups in total. The predicted molar refractivity (Wildman–Crippen MR) is 121 cm³/mol. The first-order valence-corrected chi connectivity index (χ1v) is 11.4. The average Bonchev–Trinajstić information content (AvgIpc) is 3.11. The van der Waals surface area contributed by atoms with Gasteiger partial charge in [-0.15, -0.1) is 0 Å². The van der Waals surface area contributed by atoms with Crippen molar-refractivity contribution in [3.05, 3.63) is 54.1 Å². The number of aryl methyl sites for hydroxylation is 1. The summed E-state index contributed by atoms with van der Waals surface area (Å²) in [7, 11) is 1.97. The van der Waals surface area contributed by atoms with Crippen LogP contribution < -0.4 is 0 Å². The van der Waals surface area contributed by atoms with E-state index in [1.165, 1.54) is 24.8 Å². The monoisotopic (exact) mass is 407 g/mol. The molecular weight excluding hydrogens is 378 g/mol. The van der Waals surface area contributed by atoms with Gasteiger partial charge in [-0.1, -0.05) is 60.9 Å². The first-order valence-electron chi connectivity index (χ1n) is 10.5. The number of carbonyl (C=O) groups excluding carboxylic acids is 1. The summed E-state index contributed by atoms with van der Waals surface area (Å²) in [6, 6.07) is 17.0. The van der Waals surface area contributed by atoms with E-state index < -0.39 is 0 Å². The number of aromatic nitrogens is 2. The molecule has 1 amide bonds. The summed E-state index contributed by atoms with van der Waals surface area (Å²) >= 11 is 1.56. The minimum Gasteiger partial charge on any atom is -0.342 e. The van der Waals surface area contributed by atoms with Crippen molar-refractivity contribution in [3.8, 4) is 5.69 Å². The zero-order chi connectivity index (χ0) is 20.4. The third-order valence-corrected chi connectivity index (χ3v) is 6.96. The van der Waals surface area contributed by atoms with E-state index in [4.69, 9.17) is 4.98 Å². The summed E-state index contributed by atoms with van der Waals surface area (Å²) < 4.78 is 2.17. The van der Waals surface area contributed by atoms with Gasteiger partial charge >= 0.3 is 0 Å². The topological polar surface area (TPSA) is 38.1 Å². The lowest BCUT2D eigenvalue weighted by atomic mass is 9.94. The first-order chi connectivity index (χ1) is 14.0. The van der Waals surface area contributed by atoms with Crippen LogP contribution >= 0.6 is 11.8 Å². The van der Waals surface area contributed by atoms with Crippen LogP contribution in [0.2, 0.25) is 0 Å². The quantitative estimate of drug-likeness (QED) is 0.516. The first kappa shape index (κ1) is 20.0. The maximum Gasteiger partial charge on any atom is 0.235 e. The zero-order valence-corrected chi connectivity index (χ0v) is 18.3. The van der Waals surface area contributed by atoms with E-state index in [9.17, 15) is 4.79 Å². The molecule has 1 fully saturated rings. The molecule has 4 nitrogen and oxygen atoms in total. The highest BCUT2D eigenvalue weighted by Gasteiger charge is 2.27. The van der Waals surface area contributed by atoms with Crippen LogP contribution in [0.5, 0.6) is 0 Å². The van der Waals surface area contributed by atoms with Crippen molar-refractivity contribution in [3.63, 3.8) is 0 Å². The third kappa shape index (κ3) is 4.20. The number of amides is 1. The van der Waals surface area contributed by atoms with Crippen molar-refractivity contribution in [1.29, 1.82) is 0 Å². The lowest BCUT2D eigenvalue weighted by Gasteiger charge is -2.32. The number of fused-ring (bicyclic) bond motifs is 1. The molecule has 1 saturated carbocycles. The van der Waals surface area contributed by atoms with Gasteiger partial charge in [0.05, 0.1) is 16.3 Å². The van der Waals surface area contributed by atoms with E-state index in [2.05, 4.69) is 41.8 Å². The van der Waals surface area contributed by atoms with E-state index in [0.717, 1.165) is 34.7 Å². The maximum absolute atomic E-state index is 13.1. The van der Waals surface area contributed by atoms with Crippen LogP contribution in [0, 0.1) is 6.92 Å². The Morgan fingerprint density at radius 2 is 1.79 bits per heavy atom. The minimum atomic E-state index is -0.178. The molecule has 29 heavy (non-hydrogen) atoms. The van der Waals surface area contributed by atoms with Gasteiger partial charge in [0, 0.05) is 18.8 Å².